The molecule has 0 aliphatic carbocycles. The number of Topliss-reactive ketones (excluding diaryl/α,β-unsaturated/α-hetero) is 1. The molecule has 0 saturated carbocycles. The lowest BCUT2D eigenvalue weighted by Crippen LogP contribution is -2.12. The first-order valence-corrected chi connectivity index (χ1v) is 10.7. The van der Waals surface area contributed by atoms with Gasteiger partial charge in [0.05, 0.1) is 34.0 Å². The fourth-order valence-corrected chi connectivity index (χ4v) is 3.85. The second-order valence-electron chi connectivity index (χ2n) is 7.51. The summed E-state index contributed by atoms with van der Waals surface area (Å²) in [5.74, 6) is 1.36. The van der Waals surface area contributed by atoms with Crippen molar-refractivity contribution < 1.29 is 38.0 Å². The first kappa shape index (κ1) is 23.7. The number of ketones is 1. The third-order valence-corrected chi connectivity index (χ3v) is 5.59. The number of fused-ring (bicyclic) bond motifs is 1. The Morgan fingerprint density at radius 2 is 1.43 bits per heavy atom. The number of methoxy groups -OCH3 is 4. The topological polar surface area (TPSA) is 89.5 Å². The van der Waals surface area contributed by atoms with Gasteiger partial charge in [0.15, 0.2) is 17.3 Å². The lowest BCUT2D eigenvalue weighted by Gasteiger charge is -2.14. The van der Waals surface area contributed by atoms with Gasteiger partial charge in [-0.1, -0.05) is 18.2 Å². The van der Waals surface area contributed by atoms with Crippen LogP contribution in [0.5, 0.6) is 34.5 Å². The lowest BCUT2D eigenvalue weighted by molar-refractivity contribution is 0.0726. The number of para-hydroxylation sites is 1. The van der Waals surface area contributed by atoms with Crippen LogP contribution in [0.4, 0.5) is 0 Å². The molecule has 3 aromatic carbocycles. The van der Waals surface area contributed by atoms with Gasteiger partial charge in [0.25, 0.3) is 0 Å². The van der Waals surface area contributed by atoms with Crippen molar-refractivity contribution in [1.29, 1.82) is 0 Å². The Labute approximate surface area is 202 Å². The zero-order valence-corrected chi connectivity index (χ0v) is 20.0. The fraction of sp³-hybridized carbons (Fsp3) is 0.185. The van der Waals surface area contributed by atoms with Gasteiger partial charge < -0.3 is 28.4 Å². The van der Waals surface area contributed by atoms with Crippen molar-refractivity contribution in [1.82, 2.24) is 0 Å². The molecule has 0 fully saturated rings. The SMILES string of the molecule is COc1cccc(/C=C2\Oc3c(ccc(OC(=O)c4c(OC)cccc4OC)c3C)C2=O)c1OC. The molecule has 1 aliphatic heterocycles. The molecule has 8 nitrogen and oxygen atoms in total. The number of ether oxygens (including phenoxy) is 6. The van der Waals surface area contributed by atoms with E-state index in [0.717, 1.165) is 0 Å². The smallest absolute Gasteiger partial charge is 0.351 e. The molecule has 0 spiro atoms. The van der Waals surface area contributed by atoms with Gasteiger partial charge in [0, 0.05) is 11.1 Å². The van der Waals surface area contributed by atoms with Gasteiger partial charge >= 0.3 is 5.97 Å². The van der Waals surface area contributed by atoms with Gasteiger partial charge in [-0.3, -0.25) is 4.79 Å². The van der Waals surface area contributed by atoms with Crippen molar-refractivity contribution in [2.75, 3.05) is 28.4 Å². The van der Waals surface area contributed by atoms with Crippen molar-refractivity contribution in [3.63, 3.8) is 0 Å². The van der Waals surface area contributed by atoms with Gasteiger partial charge in [0.1, 0.15) is 28.6 Å². The van der Waals surface area contributed by atoms with E-state index < -0.39 is 5.97 Å². The third-order valence-electron chi connectivity index (χ3n) is 5.59. The van der Waals surface area contributed by atoms with E-state index in [9.17, 15) is 9.59 Å². The largest absolute Gasteiger partial charge is 0.496 e. The van der Waals surface area contributed by atoms with Crippen LogP contribution >= 0.6 is 0 Å². The standard InChI is InChI=1S/C27H24O8/c1-15-18(35-27(29)23-19(30-2)9-7-10-20(23)31-3)13-12-17-24(28)22(34-25(15)17)14-16-8-6-11-21(32-4)26(16)33-5/h6-14H,1-5H3/b22-14-. The number of hydrogen-bond donors (Lipinski definition) is 0. The minimum atomic E-state index is -0.663. The summed E-state index contributed by atoms with van der Waals surface area (Å²) in [5.41, 5.74) is 1.64. The molecule has 1 heterocycles. The second-order valence-corrected chi connectivity index (χ2v) is 7.51. The van der Waals surface area contributed by atoms with Crippen LogP contribution in [0.1, 0.15) is 31.8 Å². The number of carbonyl (C=O) groups excluding carboxylic acids is 2. The molecule has 8 heteroatoms. The molecule has 0 bridgehead atoms. The van der Waals surface area contributed by atoms with Crippen LogP contribution in [0.2, 0.25) is 0 Å². The minimum absolute atomic E-state index is 0.115. The van der Waals surface area contributed by atoms with E-state index in [1.807, 2.05) is 0 Å². The number of allylic oxidation sites excluding steroid dienone is 1. The molecule has 0 N–H and O–H groups in total. The van der Waals surface area contributed by atoms with Crippen molar-refractivity contribution in [3.05, 3.63) is 76.5 Å². The molecule has 0 aromatic heterocycles. The number of carbonyl (C=O) groups is 2. The molecule has 0 radical (unpaired) electrons. The lowest BCUT2D eigenvalue weighted by atomic mass is 10.1. The highest BCUT2D eigenvalue weighted by Gasteiger charge is 2.31. The van der Waals surface area contributed by atoms with Crippen LogP contribution < -0.4 is 28.4 Å². The van der Waals surface area contributed by atoms with E-state index in [1.54, 1.807) is 61.5 Å². The summed E-state index contributed by atoms with van der Waals surface area (Å²) in [4.78, 5) is 26.0. The summed E-state index contributed by atoms with van der Waals surface area (Å²) in [6.45, 7) is 1.71. The monoisotopic (exact) mass is 476 g/mol. The minimum Gasteiger partial charge on any atom is -0.496 e. The molecule has 4 rings (SSSR count). The summed E-state index contributed by atoms with van der Waals surface area (Å²) in [5, 5.41) is 0. The van der Waals surface area contributed by atoms with E-state index in [4.69, 9.17) is 28.4 Å². The molecule has 1 aliphatic rings. The van der Waals surface area contributed by atoms with E-state index in [-0.39, 0.29) is 22.9 Å². The highest BCUT2D eigenvalue weighted by molar-refractivity contribution is 6.15. The molecule has 0 atom stereocenters. The molecule has 0 saturated heterocycles. The zero-order valence-electron chi connectivity index (χ0n) is 20.0. The maximum absolute atomic E-state index is 13.0. The van der Waals surface area contributed by atoms with Crippen LogP contribution in [-0.2, 0) is 0 Å². The predicted octanol–water partition coefficient (Wildman–Crippen LogP) is 4.86. The predicted molar refractivity (Wildman–Crippen MR) is 128 cm³/mol. The third kappa shape index (κ3) is 4.26. The normalized spacial score (nSPS) is 13.2. The Hall–Kier alpha value is -4.46. The van der Waals surface area contributed by atoms with E-state index in [2.05, 4.69) is 0 Å². The Morgan fingerprint density at radius 3 is 2.06 bits per heavy atom. The number of esters is 1. The van der Waals surface area contributed by atoms with Gasteiger partial charge in [-0.25, -0.2) is 4.79 Å². The van der Waals surface area contributed by atoms with E-state index in [0.29, 0.717) is 45.4 Å². The van der Waals surface area contributed by atoms with Crippen LogP contribution in [0.3, 0.4) is 0 Å². The molecule has 35 heavy (non-hydrogen) atoms. The summed E-state index contributed by atoms with van der Waals surface area (Å²) in [7, 11) is 5.97. The van der Waals surface area contributed by atoms with Crippen molar-refractivity contribution >= 4 is 17.8 Å². The summed E-state index contributed by atoms with van der Waals surface area (Å²) >= 11 is 0. The maximum Gasteiger partial charge on any atom is 0.351 e. The first-order valence-electron chi connectivity index (χ1n) is 10.7. The van der Waals surface area contributed by atoms with E-state index >= 15 is 0 Å². The van der Waals surface area contributed by atoms with Crippen LogP contribution in [-0.4, -0.2) is 40.2 Å². The highest BCUT2D eigenvalue weighted by atomic mass is 16.5. The van der Waals surface area contributed by atoms with Crippen LogP contribution in [0, 0.1) is 6.92 Å². The molecule has 0 amide bonds. The average Bonchev–Trinajstić information content (AvgIpc) is 3.20. The van der Waals surface area contributed by atoms with Crippen LogP contribution in [0.15, 0.2) is 54.3 Å². The Morgan fingerprint density at radius 1 is 0.800 bits per heavy atom. The zero-order chi connectivity index (χ0) is 25.1. The van der Waals surface area contributed by atoms with Crippen molar-refractivity contribution in [3.8, 4) is 34.5 Å². The first-order chi connectivity index (χ1) is 16.9. The van der Waals surface area contributed by atoms with Gasteiger partial charge in [-0.05, 0) is 43.3 Å². The number of hydrogen-bond acceptors (Lipinski definition) is 8. The average molecular weight is 476 g/mol. The maximum atomic E-state index is 13.0. The van der Waals surface area contributed by atoms with Gasteiger partial charge in [0.2, 0.25) is 5.78 Å². The molecule has 3 aromatic rings. The molecular weight excluding hydrogens is 452 g/mol. The summed E-state index contributed by atoms with van der Waals surface area (Å²) in [6, 6.07) is 13.4. The Bertz CT molecular complexity index is 1320. The van der Waals surface area contributed by atoms with Crippen molar-refractivity contribution in [2.45, 2.75) is 6.92 Å². The fourth-order valence-electron chi connectivity index (χ4n) is 3.85. The number of rotatable bonds is 7. The Balaban J connectivity index is 1.66. The van der Waals surface area contributed by atoms with Gasteiger partial charge in [-0.2, -0.15) is 0 Å². The van der Waals surface area contributed by atoms with E-state index in [1.165, 1.54) is 28.4 Å². The molecular formula is C27H24O8. The van der Waals surface area contributed by atoms with Gasteiger partial charge in [-0.15, -0.1) is 0 Å². The highest BCUT2D eigenvalue weighted by Crippen LogP contribution is 2.41. The Kier molecular flexibility index (Phi) is 6.64. The molecule has 180 valence electrons. The molecule has 0 unspecified atom stereocenters. The quantitative estimate of drug-likeness (QED) is 0.271. The second kappa shape index (κ2) is 9.80. The van der Waals surface area contributed by atoms with Crippen molar-refractivity contribution in [2.24, 2.45) is 0 Å². The van der Waals surface area contributed by atoms with Crippen LogP contribution in [0.25, 0.3) is 6.08 Å². The summed E-state index contributed by atoms with van der Waals surface area (Å²) < 4.78 is 32.9. The summed E-state index contributed by atoms with van der Waals surface area (Å²) in [6.07, 6.45) is 1.59. The number of benzene rings is 3.